The van der Waals surface area contributed by atoms with Gasteiger partial charge in [-0.15, -0.1) is 5.10 Å². The first kappa shape index (κ1) is 22.4. The van der Waals surface area contributed by atoms with Gasteiger partial charge >= 0.3 is 0 Å². The van der Waals surface area contributed by atoms with Crippen LogP contribution < -0.4 is 0 Å². The van der Waals surface area contributed by atoms with Gasteiger partial charge in [-0.1, -0.05) is 60.3 Å². The number of amides is 1. The van der Waals surface area contributed by atoms with E-state index in [1.165, 1.54) is 16.1 Å². The maximum absolute atomic E-state index is 13.0. The molecule has 0 spiro atoms. The lowest BCUT2D eigenvalue weighted by Gasteiger charge is -2.35. The Hall–Kier alpha value is -2.76. The first-order chi connectivity index (χ1) is 15.4. The van der Waals surface area contributed by atoms with E-state index in [0.29, 0.717) is 24.8 Å². The summed E-state index contributed by atoms with van der Waals surface area (Å²) in [6.45, 7) is 3.59. The summed E-state index contributed by atoms with van der Waals surface area (Å²) in [5.74, 6) is -0.0546. The average molecular weight is 473 g/mol. The molecule has 0 saturated carbocycles. The van der Waals surface area contributed by atoms with E-state index in [9.17, 15) is 13.2 Å². The second kappa shape index (κ2) is 9.80. The fraction of sp³-hybridized carbons (Fsp3) is 0.333. The van der Waals surface area contributed by atoms with Gasteiger partial charge in [-0.3, -0.25) is 4.79 Å². The Kier molecular flexibility index (Phi) is 6.87. The molecule has 1 fully saturated rings. The van der Waals surface area contributed by atoms with Gasteiger partial charge in [0.25, 0.3) is 0 Å². The molecule has 1 aliphatic rings. The van der Waals surface area contributed by atoms with E-state index in [-0.39, 0.29) is 23.9 Å². The Morgan fingerprint density at radius 2 is 1.62 bits per heavy atom. The van der Waals surface area contributed by atoms with Crippen molar-refractivity contribution >= 4 is 27.7 Å². The topological polar surface area (TPSA) is 101 Å². The van der Waals surface area contributed by atoms with Crippen molar-refractivity contribution in [3.8, 4) is 0 Å². The molecule has 4 rings (SSSR count). The molecule has 1 unspecified atom stereocenters. The molecule has 0 bridgehead atoms. The van der Waals surface area contributed by atoms with Crippen LogP contribution in [-0.4, -0.2) is 75.2 Å². The predicted octanol–water partition coefficient (Wildman–Crippen LogP) is 1.74. The van der Waals surface area contributed by atoms with Gasteiger partial charge in [0.15, 0.2) is 0 Å². The van der Waals surface area contributed by atoms with Crippen LogP contribution in [0.4, 0.5) is 0 Å². The van der Waals surface area contributed by atoms with Crippen molar-refractivity contribution in [2.75, 3.05) is 26.2 Å². The highest BCUT2D eigenvalue weighted by atomic mass is 32.2. The standard InChI is InChI=1S/C21H24N6O3S2/c1-17(31-21-22-23-24-27(21)16-18-8-4-2-5-9-18)20(28)25-12-14-26(15-13-25)32(29,30)19-10-6-3-7-11-19/h2-11,17H,12-16H2,1H3. The van der Waals surface area contributed by atoms with Crippen molar-refractivity contribution in [2.24, 2.45) is 0 Å². The van der Waals surface area contributed by atoms with Crippen molar-refractivity contribution in [1.29, 1.82) is 0 Å². The van der Waals surface area contributed by atoms with Crippen LogP contribution in [0.15, 0.2) is 70.7 Å². The number of tetrazole rings is 1. The van der Waals surface area contributed by atoms with Gasteiger partial charge in [0.2, 0.25) is 21.1 Å². The molecule has 11 heteroatoms. The maximum Gasteiger partial charge on any atom is 0.243 e. The van der Waals surface area contributed by atoms with E-state index in [1.54, 1.807) is 39.9 Å². The number of aromatic nitrogens is 4. The number of rotatable bonds is 7. The molecule has 1 saturated heterocycles. The number of benzene rings is 2. The maximum atomic E-state index is 13.0. The molecule has 1 aromatic heterocycles. The second-order valence-corrected chi connectivity index (χ2v) is 10.7. The molecule has 3 aromatic rings. The predicted molar refractivity (Wildman–Crippen MR) is 120 cm³/mol. The van der Waals surface area contributed by atoms with Crippen LogP contribution in [0.3, 0.4) is 0 Å². The largest absolute Gasteiger partial charge is 0.339 e. The Morgan fingerprint density at radius 1 is 1.00 bits per heavy atom. The van der Waals surface area contributed by atoms with Gasteiger partial charge in [-0.2, -0.15) is 4.31 Å². The summed E-state index contributed by atoms with van der Waals surface area (Å²) >= 11 is 1.30. The third-order valence-corrected chi connectivity index (χ3v) is 8.21. The highest BCUT2D eigenvalue weighted by Crippen LogP contribution is 2.24. The van der Waals surface area contributed by atoms with Crippen LogP contribution >= 0.6 is 11.8 Å². The summed E-state index contributed by atoms with van der Waals surface area (Å²) in [4.78, 5) is 15.0. The summed E-state index contributed by atoms with van der Waals surface area (Å²) in [6.07, 6.45) is 0. The number of carbonyl (C=O) groups excluding carboxylic acids is 1. The lowest BCUT2D eigenvalue weighted by molar-refractivity contribution is -0.131. The molecule has 1 amide bonds. The van der Waals surface area contributed by atoms with Crippen molar-refractivity contribution in [3.63, 3.8) is 0 Å². The zero-order chi connectivity index (χ0) is 22.6. The minimum absolute atomic E-state index is 0.0546. The van der Waals surface area contributed by atoms with Crippen LogP contribution in [0.25, 0.3) is 0 Å². The van der Waals surface area contributed by atoms with E-state index in [2.05, 4.69) is 15.5 Å². The van der Waals surface area contributed by atoms with E-state index in [0.717, 1.165) is 5.56 Å². The Labute approximate surface area is 191 Å². The Balaban J connectivity index is 1.35. The van der Waals surface area contributed by atoms with E-state index < -0.39 is 15.3 Å². The van der Waals surface area contributed by atoms with Crippen molar-refractivity contribution in [2.45, 2.75) is 28.8 Å². The molecule has 2 aromatic carbocycles. The highest BCUT2D eigenvalue weighted by Gasteiger charge is 2.32. The summed E-state index contributed by atoms with van der Waals surface area (Å²) in [5.41, 5.74) is 1.07. The van der Waals surface area contributed by atoms with Gasteiger partial charge in [0, 0.05) is 26.2 Å². The summed E-state index contributed by atoms with van der Waals surface area (Å²) in [7, 11) is -3.55. The molecular weight excluding hydrogens is 448 g/mol. The van der Waals surface area contributed by atoms with Crippen molar-refractivity contribution in [3.05, 3.63) is 66.2 Å². The normalized spacial score (nSPS) is 16.1. The number of nitrogens with zero attached hydrogens (tertiary/aromatic N) is 6. The molecule has 1 atom stereocenters. The quantitative estimate of drug-likeness (QED) is 0.483. The second-order valence-electron chi connectivity index (χ2n) is 7.41. The van der Waals surface area contributed by atoms with Gasteiger partial charge in [-0.25, -0.2) is 13.1 Å². The van der Waals surface area contributed by atoms with Gasteiger partial charge in [0.1, 0.15) is 0 Å². The number of hydrogen-bond acceptors (Lipinski definition) is 7. The first-order valence-electron chi connectivity index (χ1n) is 10.3. The third-order valence-electron chi connectivity index (χ3n) is 5.24. The minimum Gasteiger partial charge on any atom is -0.339 e. The lowest BCUT2D eigenvalue weighted by atomic mass is 10.2. The third kappa shape index (κ3) is 5.00. The summed E-state index contributed by atoms with van der Waals surface area (Å²) in [6, 6.07) is 18.2. The molecule has 2 heterocycles. The molecule has 0 aliphatic carbocycles. The number of carbonyl (C=O) groups is 1. The van der Waals surface area contributed by atoms with E-state index >= 15 is 0 Å². The van der Waals surface area contributed by atoms with E-state index in [1.807, 2.05) is 37.3 Å². The summed E-state index contributed by atoms with van der Waals surface area (Å²) < 4.78 is 28.7. The van der Waals surface area contributed by atoms with Crippen LogP contribution in [0, 0.1) is 0 Å². The minimum atomic E-state index is -3.55. The number of sulfonamides is 1. The van der Waals surface area contributed by atoms with Gasteiger partial charge in [-0.05, 0) is 35.0 Å². The monoisotopic (exact) mass is 472 g/mol. The smallest absolute Gasteiger partial charge is 0.243 e. The zero-order valence-electron chi connectivity index (χ0n) is 17.6. The van der Waals surface area contributed by atoms with Crippen LogP contribution in [-0.2, 0) is 21.4 Å². The molecule has 1 aliphatic heterocycles. The molecular formula is C21H24N6O3S2. The lowest BCUT2D eigenvalue weighted by Crippen LogP contribution is -2.52. The number of piperazine rings is 1. The molecule has 0 radical (unpaired) electrons. The molecule has 0 N–H and O–H groups in total. The van der Waals surface area contributed by atoms with E-state index in [4.69, 9.17) is 0 Å². The van der Waals surface area contributed by atoms with Crippen molar-refractivity contribution in [1.82, 2.24) is 29.4 Å². The van der Waals surface area contributed by atoms with Crippen molar-refractivity contribution < 1.29 is 13.2 Å². The summed E-state index contributed by atoms with van der Waals surface area (Å²) in [5, 5.41) is 12.0. The van der Waals surface area contributed by atoms with Crippen LogP contribution in [0.1, 0.15) is 12.5 Å². The molecule has 9 nitrogen and oxygen atoms in total. The molecule has 32 heavy (non-hydrogen) atoms. The zero-order valence-corrected chi connectivity index (χ0v) is 19.2. The fourth-order valence-electron chi connectivity index (χ4n) is 3.49. The van der Waals surface area contributed by atoms with Gasteiger partial charge in [0.05, 0.1) is 16.7 Å². The average Bonchev–Trinajstić information content (AvgIpc) is 3.26. The van der Waals surface area contributed by atoms with Gasteiger partial charge < -0.3 is 4.90 Å². The fourth-order valence-corrected chi connectivity index (χ4v) is 5.81. The Morgan fingerprint density at radius 3 is 2.28 bits per heavy atom. The number of hydrogen-bond donors (Lipinski definition) is 0. The first-order valence-corrected chi connectivity index (χ1v) is 12.6. The SMILES string of the molecule is CC(Sc1nnnn1Cc1ccccc1)C(=O)N1CCN(S(=O)(=O)c2ccccc2)CC1. The highest BCUT2D eigenvalue weighted by molar-refractivity contribution is 8.00. The number of thioether (sulfide) groups is 1. The molecule has 168 valence electrons. The van der Waals surface area contributed by atoms with Crippen LogP contribution in [0.5, 0.6) is 0 Å². The Bertz CT molecular complexity index is 1150. The van der Waals surface area contributed by atoms with Crippen LogP contribution in [0.2, 0.25) is 0 Å².